The Morgan fingerprint density at radius 1 is 1.22 bits per heavy atom. The van der Waals surface area contributed by atoms with E-state index in [1.807, 2.05) is 0 Å². The lowest BCUT2D eigenvalue weighted by atomic mass is 9.91. The van der Waals surface area contributed by atoms with Crippen molar-refractivity contribution >= 4 is 0 Å². The normalized spacial score (nSPS) is 20.7. The number of nitrogens with zero attached hydrogens (tertiary/aromatic N) is 1. The lowest BCUT2D eigenvalue weighted by Crippen LogP contribution is -2.46. The summed E-state index contributed by atoms with van der Waals surface area (Å²) in [5.74, 6) is 1.38. The van der Waals surface area contributed by atoms with Crippen molar-refractivity contribution in [1.82, 2.24) is 4.90 Å². The summed E-state index contributed by atoms with van der Waals surface area (Å²) in [4.78, 5) is 2.50. The molecule has 0 heterocycles. The zero-order valence-electron chi connectivity index (χ0n) is 11.8. The molecule has 1 aliphatic rings. The van der Waals surface area contributed by atoms with E-state index in [4.69, 9.17) is 5.73 Å². The van der Waals surface area contributed by atoms with Crippen LogP contribution in [0.5, 0.6) is 0 Å². The Kier molecular flexibility index (Phi) is 4.41. The van der Waals surface area contributed by atoms with Crippen molar-refractivity contribution in [1.29, 1.82) is 0 Å². The molecule has 0 aromatic heterocycles. The second-order valence-corrected chi connectivity index (χ2v) is 5.75. The first-order valence-corrected chi connectivity index (χ1v) is 7.12. The fraction of sp³-hybridized carbons (Fsp3) is 0.625. The van der Waals surface area contributed by atoms with Crippen LogP contribution in [-0.2, 0) is 0 Å². The van der Waals surface area contributed by atoms with E-state index in [0.717, 1.165) is 12.5 Å². The van der Waals surface area contributed by atoms with Gasteiger partial charge in [-0.15, -0.1) is 0 Å². The first-order valence-electron chi connectivity index (χ1n) is 7.12. The van der Waals surface area contributed by atoms with E-state index in [2.05, 4.69) is 56.1 Å². The van der Waals surface area contributed by atoms with Gasteiger partial charge in [0.15, 0.2) is 0 Å². The van der Waals surface area contributed by atoms with E-state index in [1.54, 1.807) is 0 Å². The van der Waals surface area contributed by atoms with Gasteiger partial charge in [-0.25, -0.2) is 0 Å². The SMILES string of the molecule is CC(c1ccccc1)C(CN)N(C)C(C)C1CC1. The highest BCUT2D eigenvalue weighted by molar-refractivity contribution is 5.20. The molecular formula is C16H26N2. The molecule has 2 rings (SSSR count). The highest BCUT2D eigenvalue weighted by Gasteiger charge is 2.34. The molecule has 0 radical (unpaired) electrons. The second-order valence-electron chi connectivity index (χ2n) is 5.75. The molecule has 1 aromatic rings. The average molecular weight is 246 g/mol. The van der Waals surface area contributed by atoms with E-state index in [-0.39, 0.29) is 0 Å². The van der Waals surface area contributed by atoms with Gasteiger partial charge in [0.25, 0.3) is 0 Å². The fourth-order valence-electron chi connectivity index (χ4n) is 2.92. The summed E-state index contributed by atoms with van der Waals surface area (Å²) in [6, 6.07) is 11.8. The summed E-state index contributed by atoms with van der Waals surface area (Å²) in [6.07, 6.45) is 2.78. The molecule has 2 heteroatoms. The molecular weight excluding hydrogens is 220 g/mol. The topological polar surface area (TPSA) is 29.3 Å². The lowest BCUT2D eigenvalue weighted by molar-refractivity contribution is 0.152. The van der Waals surface area contributed by atoms with Crippen LogP contribution in [0.2, 0.25) is 0 Å². The maximum atomic E-state index is 6.03. The Morgan fingerprint density at radius 3 is 2.33 bits per heavy atom. The largest absolute Gasteiger partial charge is 0.329 e. The van der Waals surface area contributed by atoms with Crippen LogP contribution in [0.15, 0.2) is 30.3 Å². The third kappa shape index (κ3) is 2.93. The molecule has 100 valence electrons. The number of rotatable bonds is 6. The van der Waals surface area contributed by atoms with Crippen molar-refractivity contribution in [3.8, 4) is 0 Å². The van der Waals surface area contributed by atoms with E-state index in [1.165, 1.54) is 18.4 Å². The molecule has 1 aromatic carbocycles. The zero-order chi connectivity index (χ0) is 13.1. The molecule has 1 aliphatic carbocycles. The molecule has 1 fully saturated rings. The van der Waals surface area contributed by atoms with Crippen molar-refractivity contribution < 1.29 is 0 Å². The molecule has 3 unspecified atom stereocenters. The number of hydrogen-bond donors (Lipinski definition) is 1. The van der Waals surface area contributed by atoms with Gasteiger partial charge in [0.1, 0.15) is 0 Å². The van der Waals surface area contributed by atoms with Crippen LogP contribution in [0.3, 0.4) is 0 Å². The molecule has 3 atom stereocenters. The second kappa shape index (κ2) is 5.85. The molecule has 1 saturated carbocycles. The Labute approximate surface area is 111 Å². The van der Waals surface area contributed by atoms with Crippen molar-refractivity contribution in [3.05, 3.63) is 35.9 Å². The predicted octanol–water partition coefficient (Wildman–Crippen LogP) is 2.85. The fourth-order valence-corrected chi connectivity index (χ4v) is 2.92. The first-order chi connectivity index (χ1) is 8.65. The van der Waals surface area contributed by atoms with E-state index in [9.17, 15) is 0 Å². The third-order valence-electron chi connectivity index (χ3n) is 4.61. The standard InChI is InChI=1S/C16H26N2/c1-12(14-7-5-4-6-8-14)16(11-17)18(3)13(2)15-9-10-15/h4-8,12-13,15-16H,9-11,17H2,1-3H3. The van der Waals surface area contributed by atoms with E-state index < -0.39 is 0 Å². The quantitative estimate of drug-likeness (QED) is 0.836. The van der Waals surface area contributed by atoms with Gasteiger partial charge in [-0.05, 0) is 44.2 Å². The summed E-state index contributed by atoms with van der Waals surface area (Å²) in [6.45, 7) is 5.37. The summed E-state index contributed by atoms with van der Waals surface area (Å²) < 4.78 is 0. The van der Waals surface area contributed by atoms with Gasteiger partial charge in [0.05, 0.1) is 0 Å². The Morgan fingerprint density at radius 2 is 1.83 bits per heavy atom. The molecule has 0 aliphatic heterocycles. The van der Waals surface area contributed by atoms with Crippen LogP contribution in [-0.4, -0.2) is 30.6 Å². The van der Waals surface area contributed by atoms with Gasteiger partial charge in [-0.1, -0.05) is 37.3 Å². The number of hydrogen-bond acceptors (Lipinski definition) is 2. The van der Waals surface area contributed by atoms with Crippen LogP contribution < -0.4 is 5.73 Å². The van der Waals surface area contributed by atoms with Crippen molar-refractivity contribution in [3.63, 3.8) is 0 Å². The van der Waals surface area contributed by atoms with Gasteiger partial charge in [0, 0.05) is 18.6 Å². The van der Waals surface area contributed by atoms with Crippen molar-refractivity contribution in [2.45, 2.75) is 44.7 Å². The van der Waals surface area contributed by atoms with Gasteiger partial charge >= 0.3 is 0 Å². The molecule has 0 amide bonds. The third-order valence-corrected chi connectivity index (χ3v) is 4.61. The minimum atomic E-state index is 0.433. The van der Waals surface area contributed by atoms with E-state index >= 15 is 0 Å². The molecule has 2 N–H and O–H groups in total. The van der Waals surface area contributed by atoms with Crippen LogP contribution in [0.1, 0.15) is 38.2 Å². The van der Waals surface area contributed by atoms with Crippen LogP contribution >= 0.6 is 0 Å². The molecule has 18 heavy (non-hydrogen) atoms. The number of benzene rings is 1. The summed E-state index contributed by atoms with van der Waals surface area (Å²) in [5, 5.41) is 0. The van der Waals surface area contributed by atoms with Crippen LogP contribution in [0.4, 0.5) is 0 Å². The smallest absolute Gasteiger partial charge is 0.0284 e. The lowest BCUT2D eigenvalue weighted by Gasteiger charge is -2.36. The highest BCUT2D eigenvalue weighted by Crippen LogP contribution is 2.36. The Hall–Kier alpha value is -0.860. The number of likely N-dealkylation sites (N-methyl/N-ethyl adjacent to an activating group) is 1. The molecule has 0 saturated heterocycles. The maximum Gasteiger partial charge on any atom is 0.0284 e. The van der Waals surface area contributed by atoms with Crippen LogP contribution in [0, 0.1) is 5.92 Å². The minimum absolute atomic E-state index is 0.433. The summed E-state index contributed by atoms with van der Waals surface area (Å²) >= 11 is 0. The highest BCUT2D eigenvalue weighted by atomic mass is 15.2. The van der Waals surface area contributed by atoms with Gasteiger partial charge in [0.2, 0.25) is 0 Å². The molecule has 0 bridgehead atoms. The van der Waals surface area contributed by atoms with Crippen molar-refractivity contribution in [2.75, 3.05) is 13.6 Å². The minimum Gasteiger partial charge on any atom is -0.329 e. The summed E-state index contributed by atoms with van der Waals surface area (Å²) in [7, 11) is 2.24. The number of nitrogens with two attached hydrogens (primary N) is 1. The Bertz CT molecular complexity index is 359. The Balaban J connectivity index is 2.07. The van der Waals surface area contributed by atoms with Crippen molar-refractivity contribution in [2.24, 2.45) is 11.7 Å². The predicted molar refractivity (Wildman–Crippen MR) is 77.6 cm³/mol. The molecule has 0 spiro atoms. The van der Waals surface area contributed by atoms with Crippen LogP contribution in [0.25, 0.3) is 0 Å². The van der Waals surface area contributed by atoms with Gasteiger partial charge in [-0.3, -0.25) is 4.90 Å². The van der Waals surface area contributed by atoms with Gasteiger partial charge < -0.3 is 5.73 Å². The maximum absolute atomic E-state index is 6.03. The van der Waals surface area contributed by atoms with E-state index in [0.29, 0.717) is 18.0 Å². The molecule has 2 nitrogen and oxygen atoms in total. The summed E-state index contributed by atoms with van der Waals surface area (Å²) in [5.41, 5.74) is 7.42. The monoisotopic (exact) mass is 246 g/mol. The first kappa shape index (κ1) is 13.6. The van der Waals surface area contributed by atoms with Gasteiger partial charge in [-0.2, -0.15) is 0 Å². The average Bonchev–Trinajstić information content (AvgIpc) is 3.23. The zero-order valence-corrected chi connectivity index (χ0v) is 11.8.